The standard InChI is InChI=1S/C9H9F3.C2H4O2/c1-2-7-4-3-5-8(6-7)9(10,11)12;1-2(3)4/h3-6H,2H2,1H3;1H3,(H,3,4). The normalized spacial score (nSPS) is 10.3. The lowest BCUT2D eigenvalue weighted by atomic mass is 10.1. The van der Waals surface area contributed by atoms with Crippen LogP contribution in [0, 0.1) is 0 Å². The first kappa shape index (κ1) is 14.5. The predicted molar refractivity (Wildman–Crippen MR) is 54.1 cm³/mol. The van der Waals surface area contributed by atoms with Crippen LogP contribution >= 0.6 is 0 Å². The van der Waals surface area contributed by atoms with E-state index >= 15 is 0 Å². The fourth-order valence-electron chi connectivity index (χ4n) is 0.968. The molecular weight excluding hydrogens is 221 g/mol. The van der Waals surface area contributed by atoms with Gasteiger partial charge in [0.05, 0.1) is 5.56 Å². The topological polar surface area (TPSA) is 37.3 Å². The zero-order valence-corrected chi connectivity index (χ0v) is 9.01. The number of hydrogen-bond donors (Lipinski definition) is 1. The van der Waals surface area contributed by atoms with Gasteiger partial charge in [-0.15, -0.1) is 0 Å². The lowest BCUT2D eigenvalue weighted by Crippen LogP contribution is -2.04. The molecule has 0 amide bonds. The SMILES string of the molecule is CC(=O)O.CCc1cccc(C(F)(F)F)c1. The smallest absolute Gasteiger partial charge is 0.416 e. The van der Waals surface area contributed by atoms with Gasteiger partial charge in [-0.3, -0.25) is 4.79 Å². The van der Waals surface area contributed by atoms with Gasteiger partial charge >= 0.3 is 6.18 Å². The van der Waals surface area contributed by atoms with E-state index in [1.165, 1.54) is 12.1 Å². The fraction of sp³-hybridized carbons (Fsp3) is 0.364. The van der Waals surface area contributed by atoms with Crippen molar-refractivity contribution in [1.29, 1.82) is 0 Å². The molecule has 0 heterocycles. The summed E-state index contributed by atoms with van der Waals surface area (Å²) in [5, 5.41) is 7.42. The molecule has 1 aromatic rings. The fourth-order valence-corrected chi connectivity index (χ4v) is 0.968. The molecular formula is C11H13F3O2. The van der Waals surface area contributed by atoms with Crippen LogP contribution in [0.5, 0.6) is 0 Å². The minimum Gasteiger partial charge on any atom is -0.481 e. The van der Waals surface area contributed by atoms with Crippen molar-refractivity contribution in [2.75, 3.05) is 0 Å². The number of alkyl halides is 3. The third kappa shape index (κ3) is 6.06. The third-order valence-corrected chi connectivity index (χ3v) is 1.66. The van der Waals surface area contributed by atoms with Crippen molar-refractivity contribution >= 4 is 5.97 Å². The highest BCUT2D eigenvalue weighted by Gasteiger charge is 2.30. The van der Waals surface area contributed by atoms with Crippen LogP contribution in [-0.4, -0.2) is 11.1 Å². The van der Waals surface area contributed by atoms with Gasteiger partial charge in [-0.05, 0) is 18.1 Å². The summed E-state index contributed by atoms with van der Waals surface area (Å²) in [5.74, 6) is -0.833. The Labute approximate surface area is 91.7 Å². The highest BCUT2D eigenvalue weighted by atomic mass is 19.4. The highest BCUT2D eigenvalue weighted by Crippen LogP contribution is 2.29. The second-order valence-electron chi connectivity index (χ2n) is 3.07. The van der Waals surface area contributed by atoms with E-state index in [1.807, 2.05) is 6.92 Å². The van der Waals surface area contributed by atoms with Crippen molar-refractivity contribution in [3.63, 3.8) is 0 Å². The third-order valence-electron chi connectivity index (χ3n) is 1.66. The van der Waals surface area contributed by atoms with Gasteiger partial charge in [-0.25, -0.2) is 0 Å². The maximum Gasteiger partial charge on any atom is 0.416 e. The molecule has 0 aliphatic rings. The van der Waals surface area contributed by atoms with E-state index in [-0.39, 0.29) is 0 Å². The average molecular weight is 234 g/mol. The van der Waals surface area contributed by atoms with Gasteiger partial charge in [0.25, 0.3) is 5.97 Å². The first-order valence-corrected chi connectivity index (χ1v) is 4.63. The Bertz CT molecular complexity index is 341. The minimum atomic E-state index is -4.22. The zero-order chi connectivity index (χ0) is 12.8. The number of hydrogen-bond acceptors (Lipinski definition) is 1. The Morgan fingerprint density at radius 2 is 1.88 bits per heavy atom. The van der Waals surface area contributed by atoms with Crippen LogP contribution in [0.4, 0.5) is 13.2 Å². The summed E-state index contributed by atoms with van der Waals surface area (Å²) in [5.41, 5.74) is 0.145. The van der Waals surface area contributed by atoms with Gasteiger partial charge < -0.3 is 5.11 Å². The van der Waals surface area contributed by atoms with Crippen molar-refractivity contribution in [1.82, 2.24) is 0 Å². The number of rotatable bonds is 1. The van der Waals surface area contributed by atoms with Crippen molar-refractivity contribution in [3.05, 3.63) is 35.4 Å². The molecule has 0 bridgehead atoms. The van der Waals surface area contributed by atoms with Crippen LogP contribution in [0.1, 0.15) is 25.0 Å². The molecule has 1 rings (SSSR count). The maximum absolute atomic E-state index is 12.1. The number of aliphatic carboxylic acids is 1. The van der Waals surface area contributed by atoms with E-state index < -0.39 is 17.7 Å². The maximum atomic E-state index is 12.1. The van der Waals surface area contributed by atoms with Gasteiger partial charge in [0.2, 0.25) is 0 Å². The number of carbonyl (C=O) groups is 1. The molecule has 0 saturated heterocycles. The molecule has 0 unspecified atom stereocenters. The summed E-state index contributed by atoms with van der Waals surface area (Å²) in [6, 6.07) is 5.38. The largest absolute Gasteiger partial charge is 0.481 e. The van der Waals surface area contributed by atoms with Crippen molar-refractivity contribution in [3.8, 4) is 0 Å². The number of halogens is 3. The molecule has 0 atom stereocenters. The summed E-state index contributed by atoms with van der Waals surface area (Å²) < 4.78 is 36.3. The lowest BCUT2D eigenvalue weighted by Gasteiger charge is -2.06. The summed E-state index contributed by atoms with van der Waals surface area (Å²) in [6.45, 7) is 2.91. The first-order valence-electron chi connectivity index (χ1n) is 4.63. The predicted octanol–water partition coefficient (Wildman–Crippen LogP) is 3.36. The summed E-state index contributed by atoms with van der Waals surface area (Å²) >= 11 is 0. The average Bonchev–Trinajstić information content (AvgIpc) is 2.16. The van der Waals surface area contributed by atoms with Gasteiger partial charge in [-0.1, -0.05) is 25.1 Å². The monoisotopic (exact) mass is 234 g/mol. The molecule has 90 valence electrons. The summed E-state index contributed by atoms with van der Waals surface area (Å²) in [4.78, 5) is 9.00. The van der Waals surface area contributed by atoms with Crippen LogP contribution in [0.25, 0.3) is 0 Å². The molecule has 1 aromatic carbocycles. The van der Waals surface area contributed by atoms with E-state index in [4.69, 9.17) is 9.90 Å². The van der Waals surface area contributed by atoms with Crippen LogP contribution in [0.2, 0.25) is 0 Å². The zero-order valence-electron chi connectivity index (χ0n) is 9.01. The molecule has 0 spiro atoms. The van der Waals surface area contributed by atoms with Gasteiger partial charge in [0, 0.05) is 6.92 Å². The molecule has 2 nitrogen and oxygen atoms in total. The van der Waals surface area contributed by atoms with Gasteiger partial charge in [-0.2, -0.15) is 13.2 Å². The Morgan fingerprint density at radius 3 is 2.25 bits per heavy atom. The Morgan fingerprint density at radius 1 is 1.38 bits per heavy atom. The molecule has 0 saturated carbocycles. The van der Waals surface area contributed by atoms with Crippen LogP contribution in [-0.2, 0) is 17.4 Å². The van der Waals surface area contributed by atoms with E-state index in [9.17, 15) is 13.2 Å². The van der Waals surface area contributed by atoms with E-state index in [0.717, 1.165) is 13.0 Å². The summed E-state index contributed by atoms with van der Waals surface area (Å²) in [7, 11) is 0. The molecule has 0 fully saturated rings. The second-order valence-corrected chi connectivity index (χ2v) is 3.07. The number of aryl methyl sites for hydroxylation is 1. The Kier molecular flexibility index (Phi) is 5.56. The molecule has 0 aliphatic heterocycles. The Balaban J connectivity index is 0.000000487. The molecule has 5 heteroatoms. The molecule has 0 aliphatic carbocycles. The second kappa shape index (κ2) is 6.15. The molecule has 0 radical (unpaired) electrons. The van der Waals surface area contributed by atoms with Crippen molar-refractivity contribution in [2.24, 2.45) is 0 Å². The van der Waals surface area contributed by atoms with E-state index in [0.29, 0.717) is 12.0 Å². The van der Waals surface area contributed by atoms with E-state index in [1.54, 1.807) is 6.07 Å². The van der Waals surface area contributed by atoms with Crippen LogP contribution in [0.3, 0.4) is 0 Å². The molecule has 16 heavy (non-hydrogen) atoms. The highest BCUT2D eigenvalue weighted by molar-refractivity contribution is 5.62. The van der Waals surface area contributed by atoms with E-state index in [2.05, 4.69) is 0 Å². The first-order chi connectivity index (χ1) is 7.27. The van der Waals surface area contributed by atoms with Crippen LogP contribution in [0.15, 0.2) is 24.3 Å². The van der Waals surface area contributed by atoms with Crippen LogP contribution < -0.4 is 0 Å². The summed E-state index contributed by atoms with van der Waals surface area (Å²) in [6.07, 6.45) is -3.59. The van der Waals surface area contributed by atoms with Gasteiger partial charge in [0.15, 0.2) is 0 Å². The molecule has 1 N–H and O–H groups in total. The van der Waals surface area contributed by atoms with Crippen molar-refractivity contribution < 1.29 is 23.1 Å². The van der Waals surface area contributed by atoms with Gasteiger partial charge in [0.1, 0.15) is 0 Å². The number of benzene rings is 1. The Hall–Kier alpha value is -1.52. The quantitative estimate of drug-likeness (QED) is 0.808. The lowest BCUT2D eigenvalue weighted by molar-refractivity contribution is -0.137. The minimum absolute atomic E-state index is 0.568. The number of carboxylic acid groups (broad SMARTS) is 1. The molecule has 0 aromatic heterocycles. The number of carboxylic acids is 1. The van der Waals surface area contributed by atoms with Crippen molar-refractivity contribution in [2.45, 2.75) is 26.4 Å².